The fraction of sp³-hybridized carbons (Fsp3) is 0.929. The van der Waals surface area contributed by atoms with Gasteiger partial charge in [-0.3, -0.25) is 0 Å². The van der Waals surface area contributed by atoms with Gasteiger partial charge in [-0.2, -0.15) is 0 Å². The molecule has 2 amide bonds. The fourth-order valence-electron chi connectivity index (χ4n) is 2.96. The molecule has 0 saturated carbocycles. The summed E-state index contributed by atoms with van der Waals surface area (Å²) < 4.78 is 5.61. The Bertz CT molecular complexity index is 277. The maximum absolute atomic E-state index is 12.2. The van der Waals surface area contributed by atoms with Crippen molar-refractivity contribution < 1.29 is 9.53 Å². The molecule has 2 heterocycles. The van der Waals surface area contributed by atoms with Gasteiger partial charge in [-0.25, -0.2) is 4.79 Å². The van der Waals surface area contributed by atoms with Crippen LogP contribution in [-0.4, -0.2) is 42.8 Å². The molecule has 2 aliphatic heterocycles. The molecule has 3 unspecified atom stereocenters. The predicted molar refractivity (Wildman–Crippen MR) is 71.6 cm³/mol. The monoisotopic (exact) mass is 254 g/mol. The van der Waals surface area contributed by atoms with Gasteiger partial charge in [0.05, 0.1) is 12.1 Å². The number of piperidine rings is 1. The van der Waals surface area contributed by atoms with Crippen LogP contribution in [0.15, 0.2) is 0 Å². The molecule has 2 fully saturated rings. The van der Waals surface area contributed by atoms with Crippen LogP contribution in [0.1, 0.15) is 46.0 Å². The zero-order valence-corrected chi connectivity index (χ0v) is 11.7. The van der Waals surface area contributed by atoms with E-state index in [0.717, 1.165) is 39.0 Å². The molecule has 2 aliphatic rings. The number of amides is 2. The summed E-state index contributed by atoms with van der Waals surface area (Å²) in [5.41, 5.74) is 0. The third-order valence-electron chi connectivity index (χ3n) is 4.26. The van der Waals surface area contributed by atoms with E-state index in [4.69, 9.17) is 4.74 Å². The number of nitrogens with zero attached hydrogens (tertiary/aromatic N) is 1. The number of rotatable bonds is 3. The van der Waals surface area contributed by atoms with Crippen LogP contribution in [0, 0.1) is 5.92 Å². The SMILES string of the molecule is CCC1CCCN(C(=O)NC(C)C2CCCO2)C1. The lowest BCUT2D eigenvalue weighted by Gasteiger charge is -2.33. The highest BCUT2D eigenvalue weighted by atomic mass is 16.5. The lowest BCUT2D eigenvalue weighted by Crippen LogP contribution is -2.50. The van der Waals surface area contributed by atoms with Crippen LogP contribution < -0.4 is 5.32 Å². The van der Waals surface area contributed by atoms with Gasteiger partial charge in [-0.05, 0) is 38.5 Å². The molecule has 104 valence electrons. The van der Waals surface area contributed by atoms with E-state index in [1.54, 1.807) is 0 Å². The second-order valence-corrected chi connectivity index (χ2v) is 5.65. The first-order valence-corrected chi connectivity index (χ1v) is 7.37. The molecule has 0 aromatic rings. The molecule has 4 heteroatoms. The lowest BCUT2D eigenvalue weighted by molar-refractivity contribution is 0.0815. The smallest absolute Gasteiger partial charge is 0.317 e. The minimum atomic E-state index is 0.0937. The van der Waals surface area contributed by atoms with Gasteiger partial charge in [0.1, 0.15) is 0 Å². The Morgan fingerprint density at radius 2 is 2.28 bits per heavy atom. The zero-order chi connectivity index (χ0) is 13.0. The largest absolute Gasteiger partial charge is 0.376 e. The van der Waals surface area contributed by atoms with E-state index in [9.17, 15) is 4.79 Å². The quantitative estimate of drug-likeness (QED) is 0.840. The van der Waals surface area contributed by atoms with Crippen molar-refractivity contribution in [2.24, 2.45) is 5.92 Å². The summed E-state index contributed by atoms with van der Waals surface area (Å²) in [6.07, 6.45) is 5.97. The van der Waals surface area contributed by atoms with Crippen LogP contribution in [-0.2, 0) is 4.74 Å². The molecule has 0 spiro atoms. The molecule has 1 N–H and O–H groups in total. The van der Waals surface area contributed by atoms with Gasteiger partial charge in [-0.1, -0.05) is 13.3 Å². The number of carbonyl (C=O) groups is 1. The van der Waals surface area contributed by atoms with Gasteiger partial charge < -0.3 is 15.0 Å². The minimum absolute atomic E-state index is 0.0937. The summed E-state index contributed by atoms with van der Waals surface area (Å²) >= 11 is 0. The summed E-state index contributed by atoms with van der Waals surface area (Å²) in [5, 5.41) is 3.10. The van der Waals surface area contributed by atoms with E-state index in [1.165, 1.54) is 12.8 Å². The fourth-order valence-corrected chi connectivity index (χ4v) is 2.96. The molecular formula is C14H26N2O2. The van der Waals surface area contributed by atoms with Gasteiger partial charge >= 0.3 is 6.03 Å². The second kappa shape index (κ2) is 6.41. The zero-order valence-electron chi connectivity index (χ0n) is 11.7. The summed E-state index contributed by atoms with van der Waals surface area (Å²) in [7, 11) is 0. The molecule has 0 radical (unpaired) electrons. The van der Waals surface area contributed by atoms with Crippen LogP contribution in [0.2, 0.25) is 0 Å². The Kier molecular flexibility index (Phi) is 4.87. The van der Waals surface area contributed by atoms with E-state index in [0.29, 0.717) is 5.92 Å². The van der Waals surface area contributed by atoms with Crippen molar-refractivity contribution in [2.75, 3.05) is 19.7 Å². The van der Waals surface area contributed by atoms with Crippen molar-refractivity contribution in [1.82, 2.24) is 10.2 Å². The first kappa shape index (κ1) is 13.7. The third kappa shape index (κ3) is 3.37. The number of hydrogen-bond donors (Lipinski definition) is 1. The summed E-state index contributed by atoms with van der Waals surface area (Å²) in [6.45, 7) is 6.92. The first-order chi connectivity index (χ1) is 8.70. The maximum atomic E-state index is 12.2. The van der Waals surface area contributed by atoms with Gasteiger partial charge in [0.2, 0.25) is 0 Å². The molecule has 0 aliphatic carbocycles. The second-order valence-electron chi connectivity index (χ2n) is 5.65. The van der Waals surface area contributed by atoms with Crippen molar-refractivity contribution >= 4 is 6.03 Å². The van der Waals surface area contributed by atoms with Gasteiger partial charge in [0, 0.05) is 19.7 Å². The summed E-state index contributed by atoms with van der Waals surface area (Å²) in [5.74, 6) is 0.683. The Morgan fingerprint density at radius 1 is 1.44 bits per heavy atom. The van der Waals surface area contributed by atoms with Crippen LogP contribution in [0.3, 0.4) is 0 Å². The molecule has 2 rings (SSSR count). The highest BCUT2D eigenvalue weighted by Crippen LogP contribution is 2.20. The predicted octanol–water partition coefficient (Wildman–Crippen LogP) is 2.39. The van der Waals surface area contributed by atoms with E-state index in [-0.39, 0.29) is 18.2 Å². The number of ether oxygens (including phenoxy) is 1. The lowest BCUT2D eigenvalue weighted by atomic mass is 9.96. The molecule has 0 aromatic carbocycles. The summed E-state index contributed by atoms with van der Waals surface area (Å²) in [4.78, 5) is 14.2. The maximum Gasteiger partial charge on any atom is 0.317 e. The molecule has 2 saturated heterocycles. The van der Waals surface area contributed by atoms with Crippen LogP contribution in [0.4, 0.5) is 4.79 Å². The third-order valence-corrected chi connectivity index (χ3v) is 4.26. The van der Waals surface area contributed by atoms with E-state index < -0.39 is 0 Å². The molecule has 0 aromatic heterocycles. The van der Waals surface area contributed by atoms with Crippen LogP contribution in [0.25, 0.3) is 0 Å². The van der Waals surface area contributed by atoms with Crippen molar-refractivity contribution in [3.63, 3.8) is 0 Å². The number of nitrogens with one attached hydrogen (secondary N) is 1. The Balaban J connectivity index is 1.79. The van der Waals surface area contributed by atoms with Crippen molar-refractivity contribution in [3.8, 4) is 0 Å². The van der Waals surface area contributed by atoms with Gasteiger partial charge in [-0.15, -0.1) is 0 Å². The van der Waals surface area contributed by atoms with E-state index in [1.807, 2.05) is 4.90 Å². The van der Waals surface area contributed by atoms with Crippen molar-refractivity contribution in [1.29, 1.82) is 0 Å². The topological polar surface area (TPSA) is 41.6 Å². The number of urea groups is 1. The Labute approximate surface area is 110 Å². The average Bonchev–Trinajstić information content (AvgIpc) is 2.92. The number of likely N-dealkylation sites (tertiary alicyclic amines) is 1. The van der Waals surface area contributed by atoms with E-state index >= 15 is 0 Å². The van der Waals surface area contributed by atoms with Gasteiger partial charge in [0.25, 0.3) is 0 Å². The molecule has 4 nitrogen and oxygen atoms in total. The highest BCUT2D eigenvalue weighted by Gasteiger charge is 2.27. The summed E-state index contributed by atoms with van der Waals surface area (Å²) in [6, 6.07) is 0.221. The molecule has 18 heavy (non-hydrogen) atoms. The standard InChI is InChI=1S/C14H26N2O2/c1-3-12-6-4-8-16(10-12)14(17)15-11(2)13-7-5-9-18-13/h11-13H,3-10H2,1-2H3,(H,15,17). The highest BCUT2D eigenvalue weighted by molar-refractivity contribution is 5.74. The number of carbonyl (C=O) groups excluding carboxylic acids is 1. The normalized spacial score (nSPS) is 30.2. The van der Waals surface area contributed by atoms with Gasteiger partial charge in [0.15, 0.2) is 0 Å². The molecular weight excluding hydrogens is 228 g/mol. The minimum Gasteiger partial charge on any atom is -0.376 e. The van der Waals surface area contributed by atoms with E-state index in [2.05, 4.69) is 19.2 Å². The Morgan fingerprint density at radius 3 is 2.94 bits per heavy atom. The molecule has 0 bridgehead atoms. The van der Waals surface area contributed by atoms with Crippen molar-refractivity contribution in [2.45, 2.75) is 58.1 Å². The average molecular weight is 254 g/mol. The van der Waals surface area contributed by atoms with Crippen molar-refractivity contribution in [3.05, 3.63) is 0 Å². The van der Waals surface area contributed by atoms with Crippen LogP contribution in [0.5, 0.6) is 0 Å². The van der Waals surface area contributed by atoms with Crippen LogP contribution >= 0.6 is 0 Å². The number of hydrogen-bond acceptors (Lipinski definition) is 2. The first-order valence-electron chi connectivity index (χ1n) is 7.37. The molecule has 3 atom stereocenters. The Hall–Kier alpha value is -0.770.